The largest absolute Gasteiger partial charge is 0.494 e. The molecule has 0 aromatic heterocycles. The molecule has 2 aromatic rings. The van der Waals surface area contributed by atoms with E-state index in [9.17, 15) is 13.6 Å². The molecule has 0 spiro atoms. The summed E-state index contributed by atoms with van der Waals surface area (Å²) in [5.74, 6) is -0.0866. The van der Waals surface area contributed by atoms with Crippen LogP contribution in [0, 0.1) is 17.6 Å². The van der Waals surface area contributed by atoms with Crippen molar-refractivity contribution < 1.29 is 18.3 Å². The SMILES string of the molecule is CCOc1cccc(CC2CN(C(=O)N3N=CC[C@H]3c3cc(F)cc(F)c3)C2)c1. The summed E-state index contributed by atoms with van der Waals surface area (Å²) < 4.78 is 32.7. The van der Waals surface area contributed by atoms with Crippen molar-refractivity contribution in [2.75, 3.05) is 19.7 Å². The highest BCUT2D eigenvalue weighted by molar-refractivity contribution is 5.79. The summed E-state index contributed by atoms with van der Waals surface area (Å²) >= 11 is 0. The molecule has 0 aliphatic carbocycles. The molecule has 1 saturated heterocycles. The quantitative estimate of drug-likeness (QED) is 0.749. The Morgan fingerprint density at radius 3 is 2.66 bits per heavy atom. The number of carbonyl (C=O) groups is 1. The van der Waals surface area contributed by atoms with Gasteiger partial charge in [-0.1, -0.05) is 12.1 Å². The first kappa shape index (κ1) is 19.4. The molecule has 4 rings (SSSR count). The maximum atomic E-state index is 13.6. The van der Waals surface area contributed by atoms with Crippen LogP contribution in [0.2, 0.25) is 0 Å². The molecule has 1 fully saturated rings. The first-order chi connectivity index (χ1) is 14.0. The first-order valence-electron chi connectivity index (χ1n) is 9.81. The molecule has 2 aliphatic rings. The Kier molecular flexibility index (Phi) is 5.47. The molecule has 2 amide bonds. The van der Waals surface area contributed by atoms with E-state index in [1.165, 1.54) is 22.7 Å². The predicted molar refractivity (Wildman–Crippen MR) is 106 cm³/mol. The normalized spacial score (nSPS) is 18.8. The van der Waals surface area contributed by atoms with Crippen molar-refractivity contribution in [3.8, 4) is 5.75 Å². The van der Waals surface area contributed by atoms with E-state index in [1.807, 2.05) is 25.1 Å². The van der Waals surface area contributed by atoms with Crippen molar-refractivity contribution in [1.82, 2.24) is 9.91 Å². The summed E-state index contributed by atoms with van der Waals surface area (Å²) in [7, 11) is 0. The molecule has 5 nitrogen and oxygen atoms in total. The molecule has 0 saturated carbocycles. The summed E-state index contributed by atoms with van der Waals surface area (Å²) in [6.07, 6.45) is 2.92. The van der Waals surface area contributed by atoms with Crippen LogP contribution in [-0.2, 0) is 6.42 Å². The number of rotatable bonds is 5. The lowest BCUT2D eigenvalue weighted by Crippen LogP contribution is -2.54. The van der Waals surface area contributed by atoms with Gasteiger partial charge in [0, 0.05) is 31.8 Å². The number of hydrazone groups is 1. The number of benzene rings is 2. The zero-order valence-corrected chi connectivity index (χ0v) is 16.2. The van der Waals surface area contributed by atoms with Gasteiger partial charge >= 0.3 is 6.03 Å². The van der Waals surface area contributed by atoms with Gasteiger partial charge in [-0.15, -0.1) is 0 Å². The van der Waals surface area contributed by atoms with Gasteiger partial charge in [-0.25, -0.2) is 18.6 Å². The summed E-state index contributed by atoms with van der Waals surface area (Å²) in [6, 6.07) is 10.6. The van der Waals surface area contributed by atoms with Crippen LogP contribution in [0.5, 0.6) is 5.75 Å². The van der Waals surface area contributed by atoms with Gasteiger partial charge in [0.15, 0.2) is 0 Å². The maximum Gasteiger partial charge on any atom is 0.341 e. The molecule has 0 bridgehead atoms. The van der Waals surface area contributed by atoms with Crippen molar-refractivity contribution in [3.05, 3.63) is 65.2 Å². The van der Waals surface area contributed by atoms with Crippen molar-refractivity contribution in [3.63, 3.8) is 0 Å². The van der Waals surface area contributed by atoms with E-state index in [0.717, 1.165) is 18.2 Å². The number of carbonyl (C=O) groups excluding carboxylic acids is 1. The molecule has 2 heterocycles. The van der Waals surface area contributed by atoms with Crippen molar-refractivity contribution in [2.45, 2.75) is 25.8 Å². The predicted octanol–water partition coefficient (Wildman–Crippen LogP) is 4.39. The number of urea groups is 1. The minimum absolute atomic E-state index is 0.229. The molecule has 29 heavy (non-hydrogen) atoms. The van der Waals surface area contributed by atoms with Crippen LogP contribution in [0.3, 0.4) is 0 Å². The molecular weight excluding hydrogens is 376 g/mol. The molecule has 0 unspecified atom stereocenters. The summed E-state index contributed by atoms with van der Waals surface area (Å²) in [5.41, 5.74) is 1.60. The zero-order chi connectivity index (χ0) is 20.4. The Morgan fingerprint density at radius 1 is 1.17 bits per heavy atom. The van der Waals surface area contributed by atoms with E-state index >= 15 is 0 Å². The van der Waals surface area contributed by atoms with Gasteiger partial charge in [0.2, 0.25) is 0 Å². The molecule has 2 aromatic carbocycles. The average molecular weight is 399 g/mol. The number of hydrogen-bond acceptors (Lipinski definition) is 3. The van der Waals surface area contributed by atoms with Gasteiger partial charge in [0.25, 0.3) is 0 Å². The minimum Gasteiger partial charge on any atom is -0.494 e. The van der Waals surface area contributed by atoms with Gasteiger partial charge in [-0.2, -0.15) is 5.10 Å². The Morgan fingerprint density at radius 2 is 1.93 bits per heavy atom. The van der Waals surface area contributed by atoms with Gasteiger partial charge < -0.3 is 9.64 Å². The van der Waals surface area contributed by atoms with Crippen LogP contribution >= 0.6 is 0 Å². The second-order valence-electron chi connectivity index (χ2n) is 7.44. The monoisotopic (exact) mass is 399 g/mol. The highest BCUT2D eigenvalue weighted by atomic mass is 19.1. The van der Waals surface area contributed by atoms with E-state index in [4.69, 9.17) is 4.74 Å². The molecule has 0 N–H and O–H groups in total. The Bertz CT molecular complexity index is 908. The van der Waals surface area contributed by atoms with E-state index in [1.54, 1.807) is 11.1 Å². The highest BCUT2D eigenvalue weighted by Crippen LogP contribution is 2.32. The fourth-order valence-corrected chi connectivity index (χ4v) is 3.91. The van der Waals surface area contributed by atoms with Gasteiger partial charge in [0.05, 0.1) is 12.6 Å². The average Bonchev–Trinajstić information content (AvgIpc) is 3.13. The maximum absolute atomic E-state index is 13.6. The highest BCUT2D eigenvalue weighted by Gasteiger charge is 2.37. The molecule has 2 aliphatic heterocycles. The second kappa shape index (κ2) is 8.19. The van der Waals surface area contributed by atoms with Crippen LogP contribution < -0.4 is 4.74 Å². The van der Waals surface area contributed by atoms with E-state index in [-0.39, 0.29) is 6.03 Å². The topological polar surface area (TPSA) is 45.1 Å². The first-order valence-corrected chi connectivity index (χ1v) is 9.81. The lowest BCUT2D eigenvalue weighted by Gasteiger charge is -2.41. The fourth-order valence-electron chi connectivity index (χ4n) is 3.91. The van der Waals surface area contributed by atoms with Gasteiger partial charge in [0.1, 0.15) is 17.4 Å². The Balaban J connectivity index is 1.36. The number of halogens is 2. The minimum atomic E-state index is -0.655. The fraction of sp³-hybridized carbons (Fsp3) is 0.364. The molecule has 1 atom stereocenters. The van der Waals surface area contributed by atoms with Crippen molar-refractivity contribution >= 4 is 12.2 Å². The van der Waals surface area contributed by atoms with E-state index in [2.05, 4.69) is 11.2 Å². The number of amides is 2. The summed E-state index contributed by atoms with van der Waals surface area (Å²) in [4.78, 5) is 14.6. The van der Waals surface area contributed by atoms with Gasteiger partial charge in [-0.3, -0.25) is 0 Å². The number of nitrogens with zero attached hydrogens (tertiary/aromatic N) is 3. The number of ether oxygens (including phenoxy) is 1. The molecule has 7 heteroatoms. The van der Waals surface area contributed by atoms with E-state index < -0.39 is 17.7 Å². The lowest BCUT2D eigenvalue weighted by molar-refractivity contribution is 0.0834. The van der Waals surface area contributed by atoms with Gasteiger partial charge in [-0.05, 0) is 54.7 Å². The Labute approximate surface area is 168 Å². The van der Waals surface area contributed by atoms with Crippen molar-refractivity contribution in [2.24, 2.45) is 11.0 Å². The van der Waals surface area contributed by atoms with Crippen LogP contribution in [0.15, 0.2) is 47.6 Å². The standard InChI is InChI=1S/C22H23F2N3O2/c1-2-29-20-5-3-4-15(9-20)8-16-13-26(14-16)22(28)27-21(6-7-25-27)17-10-18(23)12-19(24)11-17/h3-5,7,9-12,16,21H,2,6,8,13-14H2,1H3/t21-/m0/s1. The lowest BCUT2D eigenvalue weighted by atomic mass is 9.92. The molecule has 152 valence electrons. The van der Waals surface area contributed by atoms with Crippen LogP contribution in [0.25, 0.3) is 0 Å². The number of likely N-dealkylation sites (tertiary alicyclic amines) is 1. The number of hydrogen-bond donors (Lipinski definition) is 0. The smallest absolute Gasteiger partial charge is 0.341 e. The Hall–Kier alpha value is -2.96. The third kappa shape index (κ3) is 4.23. The van der Waals surface area contributed by atoms with Crippen LogP contribution in [0.1, 0.15) is 30.5 Å². The summed E-state index contributed by atoms with van der Waals surface area (Å²) in [6.45, 7) is 3.85. The van der Waals surface area contributed by atoms with Crippen LogP contribution in [-0.4, -0.2) is 41.9 Å². The molecule has 0 radical (unpaired) electrons. The van der Waals surface area contributed by atoms with Crippen molar-refractivity contribution in [1.29, 1.82) is 0 Å². The second-order valence-corrected chi connectivity index (χ2v) is 7.44. The summed E-state index contributed by atoms with van der Waals surface area (Å²) in [5, 5.41) is 5.49. The van der Waals surface area contributed by atoms with E-state index in [0.29, 0.717) is 37.6 Å². The molecular formula is C22H23F2N3O2. The third-order valence-electron chi connectivity index (χ3n) is 5.26. The third-order valence-corrected chi connectivity index (χ3v) is 5.26. The zero-order valence-electron chi connectivity index (χ0n) is 16.2. The van der Waals surface area contributed by atoms with Crippen LogP contribution in [0.4, 0.5) is 13.6 Å².